The number of esters is 2. The fourth-order valence-electron chi connectivity index (χ4n) is 7.70. The Kier molecular flexibility index (Phi) is 8.56. The van der Waals surface area contributed by atoms with Gasteiger partial charge in [-0.3, -0.25) is 9.69 Å². The minimum absolute atomic E-state index is 0.0233. The molecule has 238 valence electrons. The molecule has 11 nitrogen and oxygen atoms in total. The highest BCUT2D eigenvalue weighted by Crippen LogP contribution is 2.50. The number of aromatic carboxylic acids is 1. The molecular formula is C34H38N2O9. The molecule has 3 aromatic rings. The van der Waals surface area contributed by atoms with Gasteiger partial charge in [-0.2, -0.15) is 0 Å². The molecule has 0 unspecified atom stereocenters. The van der Waals surface area contributed by atoms with E-state index in [9.17, 15) is 19.5 Å². The lowest BCUT2D eigenvalue weighted by Gasteiger charge is -2.52. The summed E-state index contributed by atoms with van der Waals surface area (Å²) in [4.78, 5) is 43.9. The number of hydrogen-bond acceptors (Lipinski definition) is 9. The zero-order valence-electron chi connectivity index (χ0n) is 25.8. The number of ether oxygens (including phenoxy) is 5. The molecule has 0 radical (unpaired) electrons. The summed E-state index contributed by atoms with van der Waals surface area (Å²) in [5.41, 5.74) is 4.14. The van der Waals surface area contributed by atoms with Crippen LogP contribution < -0.4 is 9.47 Å². The third kappa shape index (κ3) is 5.66. The number of benzene rings is 2. The monoisotopic (exact) mass is 618 g/mol. The van der Waals surface area contributed by atoms with Crippen molar-refractivity contribution in [3.63, 3.8) is 0 Å². The van der Waals surface area contributed by atoms with Gasteiger partial charge in [0.05, 0.1) is 33.3 Å². The van der Waals surface area contributed by atoms with Crippen LogP contribution in [0.15, 0.2) is 42.5 Å². The summed E-state index contributed by atoms with van der Waals surface area (Å²) in [5, 5.41) is 10.5. The standard InChI is InChI=1S/C34H38N2O9/c1-41-20-7-9-21-22-11-12-36-17-19-14-28(45-29(37)10-6-18-5-8-23(33(38)39)27(13-18)42-2)32(43-3)30(34(40)44-4)24(19)16-26(36)31(22)35-25(21)15-20/h5-10,13,15,19,24,26,28,30,32,35H,11-12,14,16-17H2,1-4H3,(H,38,39)/t19-,24+,26-,28-,30+,32+/m1/s1. The van der Waals surface area contributed by atoms with Crippen molar-refractivity contribution in [2.24, 2.45) is 17.8 Å². The van der Waals surface area contributed by atoms with Crippen LogP contribution in [0.2, 0.25) is 0 Å². The van der Waals surface area contributed by atoms with E-state index in [1.165, 1.54) is 62.3 Å². The van der Waals surface area contributed by atoms with Gasteiger partial charge in [0.15, 0.2) is 0 Å². The van der Waals surface area contributed by atoms with Crippen molar-refractivity contribution in [1.82, 2.24) is 9.88 Å². The topological polar surface area (TPSA) is 137 Å². The van der Waals surface area contributed by atoms with Crippen LogP contribution in [0.25, 0.3) is 17.0 Å². The summed E-state index contributed by atoms with van der Waals surface area (Å²) in [6.07, 6.45) is 3.71. The van der Waals surface area contributed by atoms with Crippen molar-refractivity contribution < 1.29 is 43.2 Å². The quantitative estimate of drug-likeness (QED) is 0.279. The van der Waals surface area contributed by atoms with Crippen LogP contribution in [0.3, 0.4) is 0 Å². The minimum Gasteiger partial charge on any atom is -0.497 e. The Morgan fingerprint density at radius 2 is 1.84 bits per heavy atom. The molecule has 6 rings (SSSR count). The second kappa shape index (κ2) is 12.6. The van der Waals surface area contributed by atoms with Gasteiger partial charge in [0.25, 0.3) is 0 Å². The molecule has 0 amide bonds. The summed E-state index contributed by atoms with van der Waals surface area (Å²) >= 11 is 0. The molecule has 45 heavy (non-hydrogen) atoms. The second-order valence-electron chi connectivity index (χ2n) is 11.9. The average Bonchev–Trinajstić information content (AvgIpc) is 3.43. The number of methoxy groups -OCH3 is 4. The molecule has 1 aliphatic carbocycles. The van der Waals surface area contributed by atoms with Crippen LogP contribution >= 0.6 is 0 Å². The molecule has 2 aliphatic heterocycles. The first-order valence-electron chi connectivity index (χ1n) is 15.1. The predicted molar refractivity (Wildman–Crippen MR) is 164 cm³/mol. The largest absolute Gasteiger partial charge is 0.497 e. The van der Waals surface area contributed by atoms with E-state index in [-0.39, 0.29) is 35.2 Å². The van der Waals surface area contributed by atoms with E-state index >= 15 is 0 Å². The number of nitrogens with one attached hydrogen (secondary N) is 1. The number of fused-ring (bicyclic) bond motifs is 6. The highest BCUT2D eigenvalue weighted by molar-refractivity contribution is 5.92. The Morgan fingerprint density at radius 3 is 2.56 bits per heavy atom. The molecule has 1 saturated heterocycles. The lowest BCUT2D eigenvalue weighted by molar-refractivity contribution is -0.187. The molecule has 2 fully saturated rings. The number of H-pyrrole nitrogens is 1. The Balaban J connectivity index is 1.23. The number of rotatable bonds is 8. The first-order chi connectivity index (χ1) is 21.8. The molecule has 1 aromatic heterocycles. The van der Waals surface area contributed by atoms with Crippen molar-refractivity contribution in [3.05, 3.63) is 64.9 Å². The highest BCUT2D eigenvalue weighted by Gasteiger charge is 2.54. The van der Waals surface area contributed by atoms with Gasteiger partial charge in [-0.15, -0.1) is 0 Å². The van der Waals surface area contributed by atoms with Crippen LogP contribution in [-0.2, 0) is 30.2 Å². The second-order valence-corrected chi connectivity index (χ2v) is 11.9. The number of aromatic nitrogens is 1. The molecular weight excluding hydrogens is 580 g/mol. The van der Waals surface area contributed by atoms with Crippen LogP contribution in [0.5, 0.6) is 11.5 Å². The fraction of sp³-hybridized carbons (Fsp3) is 0.441. The van der Waals surface area contributed by atoms with Gasteiger partial charge in [0.2, 0.25) is 0 Å². The van der Waals surface area contributed by atoms with E-state index in [1.54, 1.807) is 13.2 Å². The molecule has 0 bridgehead atoms. The van der Waals surface area contributed by atoms with Gasteiger partial charge in [0.1, 0.15) is 29.3 Å². The maximum Gasteiger partial charge on any atom is 0.339 e. The number of piperidine rings is 1. The molecule has 2 aromatic carbocycles. The molecule has 0 spiro atoms. The van der Waals surface area contributed by atoms with Gasteiger partial charge in [-0.1, -0.05) is 6.07 Å². The zero-order valence-corrected chi connectivity index (χ0v) is 25.8. The third-order valence-electron chi connectivity index (χ3n) is 9.74. The fourth-order valence-corrected chi connectivity index (χ4v) is 7.70. The SMILES string of the molecule is COC(=O)[C@H]1[C@H]2C[C@@H]3c4[nH]c5cc(OC)ccc5c4CCN3C[C@H]2C[C@@H](OC(=O)C=Cc2ccc(C(=O)O)c(OC)c2)[C@@H]1OC. The van der Waals surface area contributed by atoms with Crippen LogP contribution in [0.4, 0.5) is 0 Å². The maximum absolute atomic E-state index is 13.3. The van der Waals surface area contributed by atoms with Crippen molar-refractivity contribution >= 4 is 34.9 Å². The Morgan fingerprint density at radius 1 is 1.02 bits per heavy atom. The van der Waals surface area contributed by atoms with E-state index in [2.05, 4.69) is 16.0 Å². The minimum atomic E-state index is -1.11. The van der Waals surface area contributed by atoms with Crippen molar-refractivity contribution in [2.45, 2.75) is 37.5 Å². The number of nitrogens with zero attached hydrogens (tertiary/aromatic N) is 1. The molecule has 2 N–H and O–H groups in total. The van der Waals surface area contributed by atoms with Crippen LogP contribution in [0, 0.1) is 17.8 Å². The van der Waals surface area contributed by atoms with Gasteiger partial charge in [0, 0.05) is 48.9 Å². The van der Waals surface area contributed by atoms with Gasteiger partial charge >= 0.3 is 17.9 Å². The summed E-state index contributed by atoms with van der Waals surface area (Å²) in [6.45, 7) is 1.66. The predicted octanol–water partition coefficient (Wildman–Crippen LogP) is 4.25. The number of carbonyl (C=O) groups is 3. The number of carboxylic acid groups (broad SMARTS) is 1. The Labute approximate surface area is 261 Å². The summed E-state index contributed by atoms with van der Waals surface area (Å²) < 4.78 is 27.7. The molecule has 3 aliphatic rings. The average molecular weight is 619 g/mol. The van der Waals surface area contributed by atoms with E-state index in [4.69, 9.17) is 23.7 Å². The van der Waals surface area contributed by atoms with E-state index < -0.39 is 30.1 Å². The van der Waals surface area contributed by atoms with Crippen LogP contribution in [-0.4, -0.2) is 86.6 Å². The number of aromatic amines is 1. The van der Waals surface area contributed by atoms with Gasteiger partial charge in [-0.05, 0) is 72.6 Å². The molecule has 6 atom stereocenters. The summed E-state index contributed by atoms with van der Waals surface area (Å²) in [7, 11) is 5.96. The van der Waals surface area contributed by atoms with E-state index in [0.29, 0.717) is 12.0 Å². The smallest absolute Gasteiger partial charge is 0.339 e. The van der Waals surface area contributed by atoms with Crippen molar-refractivity contribution in [1.29, 1.82) is 0 Å². The lowest BCUT2D eigenvalue weighted by Crippen LogP contribution is -2.58. The molecule has 3 heterocycles. The normalized spacial score (nSPS) is 26.0. The molecule has 11 heteroatoms. The van der Waals surface area contributed by atoms with Gasteiger partial charge in [-0.25, -0.2) is 9.59 Å². The van der Waals surface area contributed by atoms with E-state index in [1.807, 2.05) is 12.1 Å². The number of hydrogen-bond donors (Lipinski definition) is 2. The number of carboxylic acids is 1. The number of carbonyl (C=O) groups excluding carboxylic acids is 2. The maximum atomic E-state index is 13.3. The Hall–Kier alpha value is -4.35. The summed E-state index contributed by atoms with van der Waals surface area (Å²) in [5.74, 6) is -1.62. The van der Waals surface area contributed by atoms with Crippen molar-refractivity contribution in [3.8, 4) is 11.5 Å². The van der Waals surface area contributed by atoms with Gasteiger partial charge < -0.3 is 33.8 Å². The first kappa shape index (κ1) is 30.7. The third-order valence-corrected chi connectivity index (χ3v) is 9.74. The summed E-state index contributed by atoms with van der Waals surface area (Å²) in [6, 6.07) is 10.8. The first-order valence-corrected chi connectivity index (χ1v) is 15.1. The Bertz CT molecular complexity index is 1650. The highest BCUT2D eigenvalue weighted by atomic mass is 16.6. The van der Waals surface area contributed by atoms with Crippen LogP contribution in [0.1, 0.15) is 46.1 Å². The lowest BCUT2D eigenvalue weighted by atomic mass is 9.63. The molecule has 1 saturated carbocycles. The van der Waals surface area contributed by atoms with E-state index in [0.717, 1.165) is 37.2 Å². The van der Waals surface area contributed by atoms with Crippen molar-refractivity contribution in [2.75, 3.05) is 41.5 Å². The zero-order chi connectivity index (χ0) is 31.8.